The molecule has 34 heavy (non-hydrogen) atoms. The van der Waals surface area contributed by atoms with Crippen molar-refractivity contribution in [3.05, 3.63) is 66.0 Å². The number of nitrogens with one attached hydrogen (secondary N) is 2. The van der Waals surface area contributed by atoms with E-state index >= 15 is 0 Å². The third-order valence-electron chi connectivity index (χ3n) is 5.14. The van der Waals surface area contributed by atoms with E-state index in [2.05, 4.69) is 20.6 Å². The summed E-state index contributed by atoms with van der Waals surface area (Å²) in [6.45, 7) is 1.82. The average Bonchev–Trinajstić information content (AvgIpc) is 3.24. The maximum absolute atomic E-state index is 11.8. The fourth-order valence-electron chi connectivity index (χ4n) is 3.39. The van der Waals surface area contributed by atoms with Gasteiger partial charge in [0.05, 0.1) is 23.4 Å². The first-order chi connectivity index (χ1) is 16.4. The number of benzene rings is 2. The third-order valence-corrected chi connectivity index (χ3v) is 6.09. The summed E-state index contributed by atoms with van der Waals surface area (Å²) in [5.41, 5.74) is 1.52. The van der Waals surface area contributed by atoms with Crippen LogP contribution in [-0.4, -0.2) is 46.3 Å². The lowest BCUT2D eigenvalue weighted by atomic mass is 10.0. The molecule has 0 radical (unpaired) electrons. The quantitative estimate of drug-likeness (QED) is 0.297. The van der Waals surface area contributed by atoms with Gasteiger partial charge in [0, 0.05) is 30.9 Å². The Morgan fingerprint density at radius 3 is 2.68 bits per heavy atom. The number of aliphatic hydroxyl groups excluding tert-OH is 1. The molecule has 10 heteroatoms. The molecule has 0 fully saturated rings. The molecule has 0 aliphatic heterocycles. The number of aromatic nitrogens is 2. The molecule has 9 nitrogen and oxygen atoms in total. The molecule has 0 aliphatic rings. The van der Waals surface area contributed by atoms with Gasteiger partial charge in [-0.05, 0) is 43.3 Å². The number of fused-ring (bicyclic) bond motifs is 1. The summed E-state index contributed by atoms with van der Waals surface area (Å²) < 4.78 is 12.1. The van der Waals surface area contributed by atoms with Crippen molar-refractivity contribution in [3.63, 3.8) is 0 Å². The van der Waals surface area contributed by atoms with Crippen molar-refractivity contribution in [1.82, 2.24) is 15.3 Å². The molecule has 1 amide bonds. The summed E-state index contributed by atoms with van der Waals surface area (Å²) in [6.07, 6.45) is 0.579. The van der Waals surface area contributed by atoms with Gasteiger partial charge in [-0.1, -0.05) is 11.3 Å². The minimum Gasteiger partial charge on any atom is -0.508 e. The summed E-state index contributed by atoms with van der Waals surface area (Å²) >= 11 is 1.42. The molecule has 0 saturated carbocycles. The molecule has 2 aromatic carbocycles. The van der Waals surface area contributed by atoms with Crippen LogP contribution in [0.1, 0.15) is 29.1 Å². The Morgan fingerprint density at radius 2 is 1.91 bits per heavy atom. The highest BCUT2D eigenvalue weighted by Gasteiger charge is 2.22. The molecular formula is C24H24N4O5S. The molecule has 2 heterocycles. The lowest BCUT2D eigenvalue weighted by molar-refractivity contribution is 0.0958. The van der Waals surface area contributed by atoms with Gasteiger partial charge < -0.3 is 30.3 Å². The monoisotopic (exact) mass is 480 g/mol. The smallest absolute Gasteiger partial charge is 0.269 e. The number of pyridine rings is 1. The van der Waals surface area contributed by atoms with Crippen molar-refractivity contribution in [1.29, 1.82) is 0 Å². The van der Waals surface area contributed by atoms with Gasteiger partial charge >= 0.3 is 0 Å². The molecule has 0 aliphatic carbocycles. The van der Waals surface area contributed by atoms with Crippen molar-refractivity contribution in [2.24, 2.45) is 0 Å². The molecule has 4 N–H and O–H groups in total. The predicted molar refractivity (Wildman–Crippen MR) is 130 cm³/mol. The van der Waals surface area contributed by atoms with Crippen molar-refractivity contribution >= 4 is 32.6 Å². The molecule has 4 aromatic rings. The van der Waals surface area contributed by atoms with Gasteiger partial charge in [0.1, 0.15) is 34.8 Å². The fourth-order valence-corrected chi connectivity index (χ4v) is 4.38. The van der Waals surface area contributed by atoms with Crippen LogP contribution in [0.25, 0.3) is 10.2 Å². The maximum Gasteiger partial charge on any atom is 0.269 e. The van der Waals surface area contributed by atoms with Crippen LogP contribution in [0.5, 0.6) is 23.0 Å². The highest BCUT2D eigenvalue weighted by Crippen LogP contribution is 2.34. The second-order valence-corrected chi connectivity index (χ2v) is 8.54. The highest BCUT2D eigenvalue weighted by atomic mass is 32.1. The number of ether oxygens (including phenoxy) is 2. The molecule has 2 unspecified atom stereocenters. The normalized spacial score (nSPS) is 12.7. The summed E-state index contributed by atoms with van der Waals surface area (Å²) in [5.74, 6) is 1.33. The van der Waals surface area contributed by atoms with E-state index in [1.165, 1.54) is 36.8 Å². The largest absolute Gasteiger partial charge is 0.508 e. The number of nitrogens with zero attached hydrogens (tertiary/aromatic N) is 2. The first-order valence-electron chi connectivity index (χ1n) is 10.5. The Morgan fingerprint density at radius 1 is 1.12 bits per heavy atom. The molecule has 176 valence electrons. The Labute approximate surface area is 200 Å². The number of amides is 1. The minimum atomic E-state index is -0.936. The third kappa shape index (κ3) is 5.03. The van der Waals surface area contributed by atoms with Gasteiger partial charge in [0.2, 0.25) is 0 Å². The van der Waals surface area contributed by atoms with E-state index in [4.69, 9.17) is 9.47 Å². The number of aliphatic hydroxyl groups is 1. The van der Waals surface area contributed by atoms with E-state index in [1.54, 1.807) is 31.3 Å². The van der Waals surface area contributed by atoms with E-state index in [1.807, 2.05) is 19.1 Å². The van der Waals surface area contributed by atoms with E-state index in [9.17, 15) is 15.0 Å². The molecule has 2 atom stereocenters. The zero-order valence-corrected chi connectivity index (χ0v) is 19.6. The van der Waals surface area contributed by atoms with Crippen LogP contribution in [0, 0.1) is 0 Å². The van der Waals surface area contributed by atoms with Crippen molar-refractivity contribution < 1.29 is 24.5 Å². The van der Waals surface area contributed by atoms with Crippen molar-refractivity contribution in [2.45, 2.75) is 19.1 Å². The number of rotatable bonds is 8. The second kappa shape index (κ2) is 9.94. The minimum absolute atomic E-state index is 0.0474. The summed E-state index contributed by atoms with van der Waals surface area (Å²) in [4.78, 5) is 20.4. The fraction of sp³-hybridized carbons (Fsp3) is 0.208. The lowest BCUT2D eigenvalue weighted by Gasteiger charge is -2.22. The van der Waals surface area contributed by atoms with Gasteiger partial charge in [-0.15, -0.1) is 0 Å². The van der Waals surface area contributed by atoms with Crippen LogP contribution in [0.3, 0.4) is 0 Å². The van der Waals surface area contributed by atoms with Crippen molar-refractivity contribution in [2.75, 3.05) is 19.5 Å². The lowest BCUT2D eigenvalue weighted by Crippen LogP contribution is -2.24. The van der Waals surface area contributed by atoms with E-state index in [-0.39, 0.29) is 17.4 Å². The molecule has 0 saturated heterocycles. The van der Waals surface area contributed by atoms with Gasteiger partial charge in [0.25, 0.3) is 5.91 Å². The summed E-state index contributed by atoms with van der Waals surface area (Å²) in [7, 11) is 3.06. The maximum atomic E-state index is 11.8. The average molecular weight is 481 g/mol. The Bertz CT molecular complexity index is 1330. The second-order valence-electron chi connectivity index (χ2n) is 7.51. The Kier molecular flexibility index (Phi) is 6.80. The van der Waals surface area contributed by atoms with Gasteiger partial charge in [-0.3, -0.25) is 9.78 Å². The zero-order valence-electron chi connectivity index (χ0n) is 18.8. The SMILES string of the molecule is CNC(=O)c1cc(Oc2ccc3nc(NC(C)C(O)c4cc(O)ccc4OC)sc3c2)ccn1. The molecule has 4 rings (SSSR count). The number of hydrogen-bond acceptors (Lipinski definition) is 9. The van der Waals surface area contributed by atoms with Gasteiger partial charge in [-0.2, -0.15) is 0 Å². The van der Waals surface area contributed by atoms with Crippen LogP contribution in [0.4, 0.5) is 5.13 Å². The first kappa shape index (κ1) is 23.3. The molecular weight excluding hydrogens is 456 g/mol. The van der Waals surface area contributed by atoms with E-state index in [0.717, 1.165) is 10.2 Å². The molecule has 0 spiro atoms. The number of thiazole rings is 1. The highest BCUT2D eigenvalue weighted by molar-refractivity contribution is 7.22. The van der Waals surface area contributed by atoms with Crippen LogP contribution in [-0.2, 0) is 0 Å². The number of anilines is 1. The number of carbonyl (C=O) groups is 1. The predicted octanol–water partition coefficient (Wildman–Crippen LogP) is 4.09. The van der Waals surface area contributed by atoms with Crippen molar-refractivity contribution in [3.8, 4) is 23.0 Å². The summed E-state index contributed by atoms with van der Waals surface area (Å²) in [5, 5.41) is 27.0. The number of phenolic OH excluding ortho intramolecular Hbond substituents is 1. The number of phenols is 1. The standard InChI is InChI=1S/C24H24N4O5S/c1-13(22(30)17-10-14(29)4-7-20(17)32-3)27-24-28-18-6-5-15(12-21(18)34-24)33-16-8-9-26-19(11-16)23(31)25-2/h4-13,22,29-30H,1-3H3,(H,25,31)(H,27,28). The first-order valence-corrected chi connectivity index (χ1v) is 11.3. The van der Waals surface area contributed by atoms with Crippen LogP contribution >= 0.6 is 11.3 Å². The topological polar surface area (TPSA) is 126 Å². The van der Waals surface area contributed by atoms with Crippen LogP contribution < -0.4 is 20.1 Å². The molecule has 0 bridgehead atoms. The van der Waals surface area contributed by atoms with E-state index < -0.39 is 12.1 Å². The number of hydrogen-bond donors (Lipinski definition) is 4. The summed E-state index contributed by atoms with van der Waals surface area (Å²) in [6, 6.07) is 12.9. The zero-order chi connectivity index (χ0) is 24.2. The number of aromatic hydroxyl groups is 1. The Balaban J connectivity index is 1.50. The van der Waals surface area contributed by atoms with Gasteiger partial charge in [0.15, 0.2) is 5.13 Å². The Hall–Kier alpha value is -3.89. The van der Waals surface area contributed by atoms with Gasteiger partial charge in [-0.25, -0.2) is 4.98 Å². The number of carbonyl (C=O) groups excluding carboxylic acids is 1. The van der Waals surface area contributed by atoms with Crippen LogP contribution in [0.15, 0.2) is 54.7 Å². The molecule has 2 aromatic heterocycles. The number of methoxy groups -OCH3 is 1. The van der Waals surface area contributed by atoms with E-state index in [0.29, 0.717) is 27.9 Å². The van der Waals surface area contributed by atoms with Crippen LogP contribution in [0.2, 0.25) is 0 Å².